The van der Waals surface area contributed by atoms with Gasteiger partial charge in [-0.25, -0.2) is 4.39 Å². The molecule has 1 fully saturated rings. The monoisotopic (exact) mass is 270 g/mol. The maximum atomic E-state index is 13.6. The molecule has 0 heterocycles. The lowest BCUT2D eigenvalue weighted by Gasteiger charge is -2.16. The fraction of sp³-hybridized carbons (Fsp3) is 0.600. The van der Waals surface area contributed by atoms with Crippen LogP contribution in [0.2, 0.25) is 5.02 Å². The molecule has 0 aromatic heterocycles. The van der Waals surface area contributed by atoms with Crippen molar-refractivity contribution in [2.75, 3.05) is 0 Å². The van der Waals surface area contributed by atoms with Crippen LogP contribution in [0.4, 0.5) is 4.39 Å². The zero-order valence-corrected chi connectivity index (χ0v) is 11.7. The van der Waals surface area contributed by atoms with Gasteiger partial charge in [-0.3, -0.25) is 0 Å². The van der Waals surface area contributed by atoms with Gasteiger partial charge in [0.1, 0.15) is 0 Å². The Labute approximate surface area is 113 Å². The van der Waals surface area contributed by atoms with Gasteiger partial charge >= 0.3 is 0 Å². The molecule has 0 N–H and O–H groups in total. The Morgan fingerprint density at radius 2 is 2.17 bits per heavy atom. The number of hydrogen-bond donors (Lipinski definition) is 0. The van der Waals surface area contributed by atoms with Crippen molar-refractivity contribution in [2.45, 2.75) is 45.6 Å². The fourth-order valence-corrected chi connectivity index (χ4v) is 2.99. The lowest BCUT2D eigenvalue weighted by atomic mass is 9.96. The minimum Gasteiger partial charge on any atom is -0.486 e. The average Bonchev–Trinajstić information content (AvgIpc) is 2.70. The van der Waals surface area contributed by atoms with Crippen LogP contribution in [-0.2, 0) is 0 Å². The zero-order valence-electron chi connectivity index (χ0n) is 11.0. The molecular formula is C15H20ClFO. The van der Waals surface area contributed by atoms with Crippen LogP contribution >= 0.6 is 11.6 Å². The summed E-state index contributed by atoms with van der Waals surface area (Å²) >= 11 is 5.96. The van der Waals surface area contributed by atoms with E-state index < -0.39 is 0 Å². The summed E-state index contributed by atoms with van der Waals surface area (Å²) in [6.45, 7) is 4.48. The van der Waals surface area contributed by atoms with Crippen molar-refractivity contribution >= 4 is 11.6 Å². The molecule has 3 heteroatoms. The standard InChI is InChI=1S/C15H20ClFO/c1-10(2)8-11-6-7-12(9-11)18-15-13(16)4-3-5-14(15)17/h3-5,10-12H,6-9H2,1-2H3. The first-order valence-electron chi connectivity index (χ1n) is 6.67. The molecule has 2 atom stereocenters. The van der Waals surface area contributed by atoms with Crippen molar-refractivity contribution in [2.24, 2.45) is 11.8 Å². The van der Waals surface area contributed by atoms with Crippen molar-refractivity contribution in [3.63, 3.8) is 0 Å². The Bertz CT molecular complexity index is 385. The van der Waals surface area contributed by atoms with Crippen LogP contribution in [0.15, 0.2) is 18.2 Å². The predicted molar refractivity (Wildman–Crippen MR) is 72.6 cm³/mol. The maximum absolute atomic E-state index is 13.6. The average molecular weight is 271 g/mol. The normalized spacial score (nSPS) is 23.6. The first-order chi connectivity index (χ1) is 8.56. The molecule has 18 heavy (non-hydrogen) atoms. The minimum atomic E-state index is -0.366. The first kappa shape index (κ1) is 13.7. The predicted octanol–water partition coefficient (Wildman–Crippen LogP) is 5.07. The second kappa shape index (κ2) is 5.92. The van der Waals surface area contributed by atoms with E-state index >= 15 is 0 Å². The number of para-hydroxylation sites is 1. The Balaban J connectivity index is 1.95. The summed E-state index contributed by atoms with van der Waals surface area (Å²) in [6.07, 6.45) is 4.54. The maximum Gasteiger partial charge on any atom is 0.173 e. The molecule has 2 rings (SSSR count). The third-order valence-electron chi connectivity index (χ3n) is 3.50. The minimum absolute atomic E-state index is 0.114. The van der Waals surface area contributed by atoms with E-state index in [1.165, 1.54) is 18.9 Å². The third-order valence-corrected chi connectivity index (χ3v) is 3.80. The molecule has 1 aliphatic rings. The SMILES string of the molecule is CC(C)CC1CCC(Oc2c(F)cccc2Cl)C1. The highest BCUT2D eigenvalue weighted by Gasteiger charge is 2.27. The highest BCUT2D eigenvalue weighted by atomic mass is 35.5. The van der Waals surface area contributed by atoms with E-state index in [0.717, 1.165) is 12.8 Å². The summed E-state index contributed by atoms with van der Waals surface area (Å²) in [5.41, 5.74) is 0. The Morgan fingerprint density at radius 1 is 1.39 bits per heavy atom. The van der Waals surface area contributed by atoms with E-state index in [1.54, 1.807) is 12.1 Å². The highest BCUT2D eigenvalue weighted by molar-refractivity contribution is 6.32. The molecule has 2 unspecified atom stereocenters. The number of benzene rings is 1. The summed E-state index contributed by atoms with van der Waals surface area (Å²) < 4.78 is 19.3. The Hall–Kier alpha value is -0.760. The van der Waals surface area contributed by atoms with Crippen LogP contribution < -0.4 is 4.74 Å². The van der Waals surface area contributed by atoms with Gasteiger partial charge in [-0.15, -0.1) is 0 Å². The Kier molecular flexibility index (Phi) is 4.50. The summed E-state index contributed by atoms with van der Waals surface area (Å²) in [4.78, 5) is 0. The molecular weight excluding hydrogens is 251 g/mol. The number of halogens is 2. The smallest absolute Gasteiger partial charge is 0.173 e. The first-order valence-corrected chi connectivity index (χ1v) is 7.04. The van der Waals surface area contributed by atoms with E-state index in [-0.39, 0.29) is 17.7 Å². The van der Waals surface area contributed by atoms with E-state index in [4.69, 9.17) is 16.3 Å². The van der Waals surface area contributed by atoms with E-state index in [2.05, 4.69) is 13.8 Å². The second-order valence-electron chi connectivity index (χ2n) is 5.60. The van der Waals surface area contributed by atoms with Crippen molar-refractivity contribution in [3.8, 4) is 5.75 Å². The molecule has 0 amide bonds. The van der Waals surface area contributed by atoms with Crippen LogP contribution in [-0.4, -0.2) is 6.10 Å². The molecule has 1 saturated carbocycles. The van der Waals surface area contributed by atoms with Crippen molar-refractivity contribution in [3.05, 3.63) is 29.0 Å². The van der Waals surface area contributed by atoms with Crippen LogP contribution in [0.3, 0.4) is 0 Å². The molecule has 1 nitrogen and oxygen atoms in total. The summed E-state index contributed by atoms with van der Waals surface area (Å²) in [5, 5.41) is 0.363. The Morgan fingerprint density at radius 3 is 2.83 bits per heavy atom. The molecule has 0 aliphatic heterocycles. The molecule has 0 spiro atoms. The summed E-state index contributed by atoms with van der Waals surface area (Å²) in [7, 11) is 0. The van der Waals surface area contributed by atoms with Crippen molar-refractivity contribution < 1.29 is 9.13 Å². The lowest BCUT2D eigenvalue weighted by molar-refractivity contribution is 0.193. The van der Waals surface area contributed by atoms with Gasteiger partial charge in [-0.2, -0.15) is 0 Å². The molecule has 0 radical (unpaired) electrons. The molecule has 1 aromatic rings. The second-order valence-corrected chi connectivity index (χ2v) is 6.01. The number of hydrogen-bond acceptors (Lipinski definition) is 1. The molecule has 0 saturated heterocycles. The topological polar surface area (TPSA) is 9.23 Å². The zero-order chi connectivity index (χ0) is 13.1. The summed E-state index contributed by atoms with van der Waals surface area (Å²) in [5.74, 6) is 1.27. The quantitative estimate of drug-likeness (QED) is 0.742. The van der Waals surface area contributed by atoms with Gasteiger partial charge in [0.25, 0.3) is 0 Å². The van der Waals surface area contributed by atoms with Gasteiger partial charge in [-0.1, -0.05) is 31.5 Å². The highest BCUT2D eigenvalue weighted by Crippen LogP contribution is 2.36. The van der Waals surface area contributed by atoms with Crippen molar-refractivity contribution in [1.82, 2.24) is 0 Å². The summed E-state index contributed by atoms with van der Waals surface area (Å²) in [6, 6.07) is 4.66. The van der Waals surface area contributed by atoms with Crippen LogP contribution in [0, 0.1) is 17.7 Å². The van der Waals surface area contributed by atoms with E-state index in [9.17, 15) is 4.39 Å². The fourth-order valence-electron chi connectivity index (χ4n) is 2.78. The molecule has 0 bridgehead atoms. The lowest BCUT2D eigenvalue weighted by Crippen LogP contribution is -2.13. The van der Waals surface area contributed by atoms with Gasteiger partial charge in [0.05, 0.1) is 11.1 Å². The third kappa shape index (κ3) is 3.38. The van der Waals surface area contributed by atoms with Gasteiger partial charge in [0.15, 0.2) is 11.6 Å². The van der Waals surface area contributed by atoms with Gasteiger partial charge in [0.2, 0.25) is 0 Å². The molecule has 1 aromatic carbocycles. The largest absolute Gasteiger partial charge is 0.486 e. The molecule has 1 aliphatic carbocycles. The van der Waals surface area contributed by atoms with Crippen LogP contribution in [0.25, 0.3) is 0 Å². The van der Waals surface area contributed by atoms with Gasteiger partial charge in [0, 0.05) is 0 Å². The van der Waals surface area contributed by atoms with E-state index in [0.29, 0.717) is 16.9 Å². The van der Waals surface area contributed by atoms with Gasteiger partial charge < -0.3 is 4.74 Å². The van der Waals surface area contributed by atoms with Crippen LogP contribution in [0.1, 0.15) is 39.5 Å². The number of rotatable bonds is 4. The van der Waals surface area contributed by atoms with Gasteiger partial charge in [-0.05, 0) is 49.7 Å². The van der Waals surface area contributed by atoms with Crippen LogP contribution in [0.5, 0.6) is 5.75 Å². The molecule has 100 valence electrons. The number of ether oxygens (including phenoxy) is 1. The van der Waals surface area contributed by atoms with Crippen molar-refractivity contribution in [1.29, 1.82) is 0 Å². The van der Waals surface area contributed by atoms with E-state index in [1.807, 2.05) is 0 Å².